The number of aliphatic hydroxyl groups is 1. The van der Waals surface area contributed by atoms with Crippen LogP contribution in [-0.4, -0.2) is 17.7 Å². The van der Waals surface area contributed by atoms with Crippen molar-refractivity contribution in [1.82, 2.24) is 5.32 Å². The molecule has 112 valence electrons. The van der Waals surface area contributed by atoms with Crippen molar-refractivity contribution in [2.24, 2.45) is 0 Å². The topological polar surface area (TPSA) is 61.4 Å². The maximum absolute atomic E-state index is 13.4. The van der Waals surface area contributed by atoms with E-state index in [2.05, 4.69) is 10.6 Å². The first-order chi connectivity index (χ1) is 9.88. The number of halogens is 2. The van der Waals surface area contributed by atoms with Gasteiger partial charge in [0.1, 0.15) is 17.2 Å². The molecular formula is C14H14F2N2O2S. The minimum atomic E-state index is -1.22. The number of anilines is 1. The standard InChI is InChI=1S/C14H14F2N2O2S/c1-14(20,12-3-2-6-21-12)8-17-13(19)18-11-5-4-9(15)7-10(11)16/h2-7,20H,8H2,1H3,(H2,17,18,19). The summed E-state index contributed by atoms with van der Waals surface area (Å²) in [6.45, 7) is 1.53. The average Bonchev–Trinajstić information content (AvgIpc) is 2.95. The molecule has 0 bridgehead atoms. The summed E-state index contributed by atoms with van der Waals surface area (Å²) in [6.07, 6.45) is 0. The van der Waals surface area contributed by atoms with Crippen molar-refractivity contribution in [3.63, 3.8) is 0 Å². The predicted molar refractivity (Wildman–Crippen MR) is 77.3 cm³/mol. The minimum Gasteiger partial charge on any atom is -0.383 e. The Bertz CT molecular complexity index is 630. The lowest BCUT2D eigenvalue weighted by Crippen LogP contribution is -2.40. The van der Waals surface area contributed by atoms with Crippen LogP contribution in [0.3, 0.4) is 0 Å². The van der Waals surface area contributed by atoms with Crippen LogP contribution >= 0.6 is 11.3 Å². The molecular weight excluding hydrogens is 298 g/mol. The number of thiophene rings is 1. The number of amides is 2. The van der Waals surface area contributed by atoms with Crippen molar-refractivity contribution in [2.75, 3.05) is 11.9 Å². The van der Waals surface area contributed by atoms with E-state index in [9.17, 15) is 18.7 Å². The molecule has 0 saturated carbocycles. The van der Waals surface area contributed by atoms with Gasteiger partial charge in [0.25, 0.3) is 0 Å². The highest BCUT2D eigenvalue weighted by Crippen LogP contribution is 2.24. The monoisotopic (exact) mass is 312 g/mol. The Hall–Kier alpha value is -1.99. The Labute approximate surface area is 124 Å². The molecule has 21 heavy (non-hydrogen) atoms. The number of carbonyl (C=O) groups is 1. The van der Waals surface area contributed by atoms with Gasteiger partial charge in [0.05, 0.1) is 12.2 Å². The van der Waals surface area contributed by atoms with E-state index < -0.39 is 23.3 Å². The summed E-state index contributed by atoms with van der Waals surface area (Å²) in [5, 5.41) is 16.7. The summed E-state index contributed by atoms with van der Waals surface area (Å²) in [7, 11) is 0. The number of benzene rings is 1. The number of urea groups is 1. The quantitative estimate of drug-likeness (QED) is 0.812. The Morgan fingerprint density at radius 3 is 2.76 bits per heavy atom. The van der Waals surface area contributed by atoms with Crippen molar-refractivity contribution < 1.29 is 18.7 Å². The molecule has 0 aliphatic heterocycles. The number of carbonyl (C=O) groups excluding carboxylic acids is 1. The summed E-state index contributed by atoms with van der Waals surface area (Å²) < 4.78 is 26.1. The zero-order chi connectivity index (χ0) is 15.5. The molecule has 1 heterocycles. The van der Waals surface area contributed by atoms with E-state index in [1.165, 1.54) is 11.3 Å². The summed E-state index contributed by atoms with van der Waals surface area (Å²) in [5.74, 6) is -1.59. The molecule has 2 aromatic rings. The number of rotatable bonds is 4. The van der Waals surface area contributed by atoms with E-state index in [1.54, 1.807) is 19.1 Å². The highest BCUT2D eigenvalue weighted by atomic mass is 32.1. The van der Waals surface area contributed by atoms with Crippen LogP contribution in [0.2, 0.25) is 0 Å². The molecule has 0 radical (unpaired) electrons. The first-order valence-corrected chi connectivity index (χ1v) is 7.03. The van der Waals surface area contributed by atoms with Crippen LogP contribution in [0, 0.1) is 11.6 Å². The zero-order valence-electron chi connectivity index (χ0n) is 11.2. The normalized spacial score (nSPS) is 13.5. The minimum absolute atomic E-state index is 0.0395. The second-order valence-corrected chi connectivity index (χ2v) is 5.63. The van der Waals surface area contributed by atoms with Gasteiger partial charge in [-0.3, -0.25) is 0 Å². The molecule has 4 nitrogen and oxygen atoms in total. The molecule has 0 fully saturated rings. The third-order valence-electron chi connectivity index (χ3n) is 2.82. The summed E-state index contributed by atoms with van der Waals surface area (Å²) in [6, 6.07) is 5.71. The zero-order valence-corrected chi connectivity index (χ0v) is 12.0. The lowest BCUT2D eigenvalue weighted by molar-refractivity contribution is 0.0637. The van der Waals surface area contributed by atoms with Gasteiger partial charge < -0.3 is 15.7 Å². The molecule has 2 rings (SSSR count). The highest BCUT2D eigenvalue weighted by Gasteiger charge is 2.24. The van der Waals surface area contributed by atoms with Crippen molar-refractivity contribution in [3.8, 4) is 0 Å². The third kappa shape index (κ3) is 3.99. The molecule has 0 aliphatic carbocycles. The van der Waals surface area contributed by atoms with E-state index in [1.807, 2.05) is 5.38 Å². The molecule has 0 aliphatic rings. The average molecular weight is 312 g/mol. The molecule has 7 heteroatoms. The first-order valence-electron chi connectivity index (χ1n) is 6.15. The van der Waals surface area contributed by atoms with Crippen LogP contribution in [0.5, 0.6) is 0 Å². The summed E-state index contributed by atoms with van der Waals surface area (Å²) in [4.78, 5) is 12.4. The maximum Gasteiger partial charge on any atom is 0.319 e. The highest BCUT2D eigenvalue weighted by molar-refractivity contribution is 7.10. The van der Waals surface area contributed by atoms with Gasteiger partial charge in [0.15, 0.2) is 0 Å². The SMILES string of the molecule is CC(O)(CNC(=O)Nc1ccc(F)cc1F)c1cccs1. The van der Waals surface area contributed by atoms with E-state index in [-0.39, 0.29) is 12.2 Å². The van der Waals surface area contributed by atoms with Crippen LogP contribution < -0.4 is 10.6 Å². The Kier molecular flexibility index (Phi) is 4.54. The van der Waals surface area contributed by atoms with Gasteiger partial charge in [0, 0.05) is 10.9 Å². The maximum atomic E-state index is 13.4. The second kappa shape index (κ2) is 6.19. The fraction of sp³-hybridized carbons (Fsp3) is 0.214. The van der Waals surface area contributed by atoms with Gasteiger partial charge in [-0.05, 0) is 30.5 Å². The van der Waals surface area contributed by atoms with Crippen molar-refractivity contribution in [3.05, 3.63) is 52.2 Å². The van der Waals surface area contributed by atoms with E-state index >= 15 is 0 Å². The Morgan fingerprint density at radius 2 is 2.14 bits per heavy atom. The molecule has 3 N–H and O–H groups in total. The van der Waals surface area contributed by atoms with E-state index in [4.69, 9.17) is 0 Å². The summed E-state index contributed by atoms with van der Waals surface area (Å²) in [5.41, 5.74) is -1.35. The van der Waals surface area contributed by atoms with Crippen molar-refractivity contribution in [1.29, 1.82) is 0 Å². The molecule has 2 amide bonds. The summed E-state index contributed by atoms with van der Waals surface area (Å²) >= 11 is 1.37. The molecule has 0 spiro atoms. The molecule has 1 aromatic carbocycles. The smallest absolute Gasteiger partial charge is 0.319 e. The molecule has 1 aromatic heterocycles. The number of hydrogen-bond donors (Lipinski definition) is 3. The third-order valence-corrected chi connectivity index (χ3v) is 3.95. The Balaban J connectivity index is 1.93. The lowest BCUT2D eigenvalue weighted by Gasteiger charge is -2.22. The van der Waals surface area contributed by atoms with Gasteiger partial charge in [-0.1, -0.05) is 6.07 Å². The fourth-order valence-corrected chi connectivity index (χ4v) is 2.47. The number of nitrogens with one attached hydrogen (secondary N) is 2. The van der Waals surface area contributed by atoms with Gasteiger partial charge >= 0.3 is 6.03 Å². The number of hydrogen-bond acceptors (Lipinski definition) is 3. The molecule has 1 atom stereocenters. The van der Waals surface area contributed by atoms with Crippen LogP contribution in [0.15, 0.2) is 35.7 Å². The second-order valence-electron chi connectivity index (χ2n) is 4.68. The van der Waals surface area contributed by atoms with Crippen LogP contribution in [0.25, 0.3) is 0 Å². The fourth-order valence-electron chi connectivity index (χ4n) is 1.68. The van der Waals surface area contributed by atoms with E-state index in [0.717, 1.165) is 12.1 Å². The van der Waals surface area contributed by atoms with Crippen molar-refractivity contribution >= 4 is 23.1 Å². The van der Waals surface area contributed by atoms with Crippen LogP contribution in [-0.2, 0) is 5.60 Å². The van der Waals surface area contributed by atoms with E-state index in [0.29, 0.717) is 10.9 Å². The van der Waals surface area contributed by atoms with Gasteiger partial charge in [-0.2, -0.15) is 0 Å². The molecule has 0 saturated heterocycles. The van der Waals surface area contributed by atoms with Gasteiger partial charge in [-0.15, -0.1) is 11.3 Å². The largest absolute Gasteiger partial charge is 0.383 e. The molecule has 1 unspecified atom stereocenters. The van der Waals surface area contributed by atoms with Gasteiger partial charge in [-0.25, -0.2) is 13.6 Å². The first kappa shape index (κ1) is 15.4. The lowest BCUT2D eigenvalue weighted by atomic mass is 10.1. The van der Waals surface area contributed by atoms with Gasteiger partial charge in [0.2, 0.25) is 0 Å². The van der Waals surface area contributed by atoms with Crippen LogP contribution in [0.4, 0.5) is 19.3 Å². The van der Waals surface area contributed by atoms with Crippen molar-refractivity contribution in [2.45, 2.75) is 12.5 Å². The predicted octanol–water partition coefficient (Wildman–Crippen LogP) is 3.06. The Morgan fingerprint density at radius 1 is 1.38 bits per heavy atom. The van der Waals surface area contributed by atoms with Crippen LogP contribution in [0.1, 0.15) is 11.8 Å².